The highest BCUT2D eigenvalue weighted by atomic mass is 16.1. The molecule has 0 radical (unpaired) electrons. The highest BCUT2D eigenvalue weighted by Crippen LogP contribution is 2.19. The highest BCUT2D eigenvalue weighted by molar-refractivity contribution is 6.13. The maximum absolute atomic E-state index is 12.6. The van der Waals surface area contributed by atoms with Gasteiger partial charge < -0.3 is 0 Å². The van der Waals surface area contributed by atoms with Crippen molar-refractivity contribution in [2.24, 2.45) is 0 Å². The van der Waals surface area contributed by atoms with Crippen LogP contribution >= 0.6 is 0 Å². The Balaban J connectivity index is 2.16. The van der Waals surface area contributed by atoms with Crippen LogP contribution in [0.15, 0.2) is 54.6 Å². The number of ketones is 1. The van der Waals surface area contributed by atoms with Gasteiger partial charge in [0, 0.05) is 10.9 Å². The van der Waals surface area contributed by atoms with Crippen molar-refractivity contribution >= 4 is 23.0 Å². The van der Waals surface area contributed by atoms with Crippen LogP contribution in [0.1, 0.15) is 32.0 Å². The molecule has 3 heteroatoms. The summed E-state index contributed by atoms with van der Waals surface area (Å²) in [5.74, 6) is -0.185. The van der Waals surface area contributed by atoms with Crippen molar-refractivity contribution in [3.05, 3.63) is 77.0 Å². The van der Waals surface area contributed by atoms with E-state index < -0.39 is 0 Å². The average Bonchev–Trinajstić information content (AvgIpc) is 2.53. The Labute approximate surface area is 122 Å². The van der Waals surface area contributed by atoms with Gasteiger partial charge in [0.15, 0.2) is 12.1 Å². The smallest absolute Gasteiger partial charge is 0.195 e. The van der Waals surface area contributed by atoms with Crippen molar-refractivity contribution in [2.75, 3.05) is 0 Å². The van der Waals surface area contributed by atoms with Gasteiger partial charge >= 0.3 is 0 Å². The third-order valence-corrected chi connectivity index (χ3v) is 3.42. The molecule has 102 valence electrons. The number of carbonyl (C=O) groups is 2. The summed E-state index contributed by atoms with van der Waals surface area (Å²) in [4.78, 5) is 28.1. The highest BCUT2D eigenvalue weighted by Gasteiger charge is 2.15. The van der Waals surface area contributed by atoms with E-state index in [4.69, 9.17) is 0 Å². The molecule has 3 aromatic rings. The number of nitrogens with zero attached hydrogens (tertiary/aromatic N) is 1. The average molecular weight is 275 g/mol. The van der Waals surface area contributed by atoms with Crippen LogP contribution in [0.2, 0.25) is 0 Å². The second kappa shape index (κ2) is 5.29. The van der Waals surface area contributed by atoms with Crippen molar-refractivity contribution < 1.29 is 9.59 Å². The van der Waals surface area contributed by atoms with E-state index in [1.807, 2.05) is 43.3 Å². The number of carbonyl (C=O) groups excluding carboxylic acids is 2. The molecule has 3 rings (SSSR count). The Morgan fingerprint density at radius 3 is 2.48 bits per heavy atom. The molecule has 0 atom stereocenters. The number of hydrogen-bond acceptors (Lipinski definition) is 3. The van der Waals surface area contributed by atoms with Crippen LogP contribution in [0.5, 0.6) is 0 Å². The molecule has 1 aromatic heterocycles. The minimum Gasteiger partial charge on any atom is -0.296 e. The zero-order valence-corrected chi connectivity index (χ0v) is 11.5. The van der Waals surface area contributed by atoms with Crippen molar-refractivity contribution in [1.29, 1.82) is 0 Å². The number of pyridine rings is 1. The topological polar surface area (TPSA) is 47.0 Å². The zero-order chi connectivity index (χ0) is 14.8. The number of fused-ring (bicyclic) bond motifs is 1. The number of benzene rings is 2. The molecule has 0 aliphatic heterocycles. The summed E-state index contributed by atoms with van der Waals surface area (Å²) in [6, 6.07) is 16.4. The molecule has 0 N–H and O–H groups in total. The third-order valence-electron chi connectivity index (χ3n) is 3.42. The SMILES string of the molecule is Cc1ccc(C(=O)c2cc3ccccc3nc2C=O)cc1. The van der Waals surface area contributed by atoms with E-state index >= 15 is 0 Å². The third kappa shape index (κ3) is 2.46. The summed E-state index contributed by atoms with van der Waals surface area (Å²) in [6.07, 6.45) is 0.633. The van der Waals surface area contributed by atoms with E-state index in [2.05, 4.69) is 4.98 Å². The Kier molecular flexibility index (Phi) is 3.32. The lowest BCUT2D eigenvalue weighted by Crippen LogP contribution is -2.07. The molecular formula is C18H13NO2. The van der Waals surface area contributed by atoms with Gasteiger partial charge in [-0.15, -0.1) is 0 Å². The second-order valence-corrected chi connectivity index (χ2v) is 4.93. The maximum Gasteiger partial charge on any atom is 0.195 e. The Morgan fingerprint density at radius 2 is 1.76 bits per heavy atom. The maximum atomic E-state index is 12.6. The lowest BCUT2D eigenvalue weighted by Gasteiger charge is -2.06. The first-order valence-electron chi connectivity index (χ1n) is 6.65. The molecule has 0 fully saturated rings. The Hall–Kier alpha value is -2.81. The summed E-state index contributed by atoms with van der Waals surface area (Å²) in [5, 5.41) is 0.846. The lowest BCUT2D eigenvalue weighted by atomic mass is 9.99. The fourth-order valence-electron chi connectivity index (χ4n) is 2.26. The molecule has 2 aromatic carbocycles. The van der Waals surface area contributed by atoms with Crippen LogP contribution in [-0.2, 0) is 0 Å². The van der Waals surface area contributed by atoms with Crippen LogP contribution < -0.4 is 0 Å². The zero-order valence-electron chi connectivity index (χ0n) is 11.5. The summed E-state index contributed by atoms with van der Waals surface area (Å²) in [7, 11) is 0. The van der Waals surface area contributed by atoms with E-state index in [-0.39, 0.29) is 11.5 Å². The molecule has 0 spiro atoms. The normalized spacial score (nSPS) is 10.5. The number of rotatable bonds is 3. The van der Waals surface area contributed by atoms with Crippen molar-refractivity contribution in [2.45, 2.75) is 6.92 Å². The van der Waals surface area contributed by atoms with Gasteiger partial charge in [0.1, 0.15) is 5.69 Å². The first-order chi connectivity index (χ1) is 10.2. The molecule has 3 nitrogen and oxygen atoms in total. The van der Waals surface area contributed by atoms with Gasteiger partial charge in [0.25, 0.3) is 0 Å². The number of para-hydroxylation sites is 1. The second-order valence-electron chi connectivity index (χ2n) is 4.93. The van der Waals surface area contributed by atoms with E-state index in [0.29, 0.717) is 22.9 Å². The van der Waals surface area contributed by atoms with Crippen LogP contribution in [0.3, 0.4) is 0 Å². The molecular weight excluding hydrogens is 262 g/mol. The minimum absolute atomic E-state index is 0.180. The number of aldehydes is 1. The fraction of sp³-hybridized carbons (Fsp3) is 0.0556. The van der Waals surface area contributed by atoms with Crippen molar-refractivity contribution in [3.63, 3.8) is 0 Å². The van der Waals surface area contributed by atoms with Gasteiger partial charge in [0.2, 0.25) is 0 Å². The number of hydrogen-bond donors (Lipinski definition) is 0. The number of aryl methyl sites for hydroxylation is 1. The van der Waals surface area contributed by atoms with Crippen LogP contribution in [0.4, 0.5) is 0 Å². The van der Waals surface area contributed by atoms with E-state index in [1.165, 1.54) is 0 Å². The van der Waals surface area contributed by atoms with Gasteiger partial charge in [-0.1, -0.05) is 48.0 Å². The molecule has 0 aliphatic rings. The Bertz CT molecular complexity index is 835. The first-order valence-corrected chi connectivity index (χ1v) is 6.65. The summed E-state index contributed by atoms with van der Waals surface area (Å²) < 4.78 is 0. The Morgan fingerprint density at radius 1 is 1.05 bits per heavy atom. The van der Waals surface area contributed by atoms with Gasteiger partial charge in [-0.25, -0.2) is 4.98 Å². The monoisotopic (exact) mass is 275 g/mol. The minimum atomic E-state index is -0.185. The van der Waals surface area contributed by atoms with Crippen LogP contribution in [0, 0.1) is 6.92 Å². The summed E-state index contributed by atoms with van der Waals surface area (Å²) >= 11 is 0. The van der Waals surface area contributed by atoms with E-state index in [9.17, 15) is 9.59 Å². The quantitative estimate of drug-likeness (QED) is 0.542. The number of aromatic nitrogens is 1. The van der Waals surface area contributed by atoms with Crippen LogP contribution in [0.25, 0.3) is 10.9 Å². The molecule has 0 saturated heterocycles. The van der Waals surface area contributed by atoms with Gasteiger partial charge in [0.05, 0.1) is 11.1 Å². The standard InChI is InChI=1S/C18H13NO2/c1-12-6-8-13(9-7-12)18(21)15-10-14-4-2-3-5-16(14)19-17(15)11-20/h2-11H,1H3. The van der Waals surface area contributed by atoms with E-state index in [0.717, 1.165) is 10.9 Å². The largest absolute Gasteiger partial charge is 0.296 e. The first kappa shape index (κ1) is 13.2. The molecule has 0 unspecified atom stereocenters. The van der Waals surface area contributed by atoms with Crippen LogP contribution in [-0.4, -0.2) is 17.1 Å². The molecule has 21 heavy (non-hydrogen) atoms. The van der Waals surface area contributed by atoms with Gasteiger partial charge in [-0.05, 0) is 19.1 Å². The summed E-state index contributed by atoms with van der Waals surface area (Å²) in [5.41, 5.74) is 2.87. The van der Waals surface area contributed by atoms with Gasteiger partial charge in [-0.3, -0.25) is 9.59 Å². The molecule has 1 heterocycles. The molecule has 0 bridgehead atoms. The predicted molar refractivity (Wildman–Crippen MR) is 81.7 cm³/mol. The summed E-state index contributed by atoms with van der Waals surface area (Å²) in [6.45, 7) is 1.96. The van der Waals surface area contributed by atoms with Gasteiger partial charge in [-0.2, -0.15) is 0 Å². The van der Waals surface area contributed by atoms with E-state index in [1.54, 1.807) is 18.2 Å². The van der Waals surface area contributed by atoms with Crippen molar-refractivity contribution in [3.8, 4) is 0 Å². The fourth-order valence-corrected chi connectivity index (χ4v) is 2.26. The van der Waals surface area contributed by atoms with Crippen molar-refractivity contribution in [1.82, 2.24) is 4.98 Å². The molecule has 0 saturated carbocycles. The molecule has 0 aliphatic carbocycles. The lowest BCUT2D eigenvalue weighted by molar-refractivity contribution is 0.102. The molecule has 0 amide bonds. The predicted octanol–water partition coefficient (Wildman–Crippen LogP) is 3.59.